The van der Waals surface area contributed by atoms with Crippen LogP contribution in [-0.4, -0.2) is 18.4 Å². The molecule has 0 aliphatic rings. The Labute approximate surface area is 128 Å². The summed E-state index contributed by atoms with van der Waals surface area (Å²) in [4.78, 5) is 7.67. The van der Waals surface area contributed by atoms with Gasteiger partial charge in [0.05, 0.1) is 4.90 Å². The Hall–Kier alpha value is -1.86. The van der Waals surface area contributed by atoms with Gasteiger partial charge in [-0.3, -0.25) is 4.72 Å². The summed E-state index contributed by atoms with van der Waals surface area (Å²) in [5, 5.41) is -0.0351. The van der Waals surface area contributed by atoms with Crippen molar-refractivity contribution < 1.29 is 8.42 Å². The lowest BCUT2D eigenvalue weighted by atomic mass is 10.1. The van der Waals surface area contributed by atoms with Gasteiger partial charge >= 0.3 is 0 Å². The van der Waals surface area contributed by atoms with Gasteiger partial charge in [-0.15, -0.1) is 0 Å². The molecule has 112 valence electrons. The minimum Gasteiger partial charge on any atom is -0.398 e. The van der Waals surface area contributed by atoms with Crippen LogP contribution in [0.5, 0.6) is 0 Å². The number of hydrogen-bond donors (Lipinski definition) is 2. The molecule has 1 heterocycles. The Morgan fingerprint density at radius 1 is 1.24 bits per heavy atom. The molecule has 0 saturated carbocycles. The molecule has 0 unspecified atom stereocenters. The molecule has 0 atom stereocenters. The fourth-order valence-electron chi connectivity index (χ4n) is 2.18. The second kappa shape index (κ2) is 5.50. The average molecular weight is 327 g/mol. The zero-order chi connectivity index (χ0) is 15.8. The van der Waals surface area contributed by atoms with Crippen molar-refractivity contribution in [2.75, 3.05) is 10.5 Å². The maximum absolute atomic E-state index is 12.5. The van der Waals surface area contributed by atoms with E-state index in [1.54, 1.807) is 19.9 Å². The highest BCUT2D eigenvalue weighted by molar-refractivity contribution is 7.92. The molecule has 0 fully saturated rings. The van der Waals surface area contributed by atoms with Gasteiger partial charge in [-0.25, -0.2) is 13.4 Å². The smallest absolute Gasteiger partial charge is 0.263 e. The van der Waals surface area contributed by atoms with Gasteiger partial charge in [-0.2, -0.15) is 4.98 Å². The summed E-state index contributed by atoms with van der Waals surface area (Å²) in [6.45, 7) is 5.24. The van der Waals surface area contributed by atoms with E-state index in [-0.39, 0.29) is 16.0 Å². The van der Waals surface area contributed by atoms with Gasteiger partial charge in [0, 0.05) is 11.9 Å². The van der Waals surface area contributed by atoms with E-state index in [2.05, 4.69) is 14.7 Å². The second-order valence-corrected chi connectivity index (χ2v) is 6.65. The van der Waals surface area contributed by atoms with Crippen LogP contribution < -0.4 is 10.5 Å². The minimum atomic E-state index is -3.81. The lowest BCUT2D eigenvalue weighted by molar-refractivity contribution is 0.600. The third-order valence-electron chi connectivity index (χ3n) is 3.09. The van der Waals surface area contributed by atoms with Crippen molar-refractivity contribution in [2.45, 2.75) is 25.7 Å². The van der Waals surface area contributed by atoms with Gasteiger partial charge in [0.25, 0.3) is 10.0 Å². The molecule has 0 spiro atoms. The van der Waals surface area contributed by atoms with Gasteiger partial charge < -0.3 is 5.73 Å². The molecule has 0 radical (unpaired) electrons. The summed E-state index contributed by atoms with van der Waals surface area (Å²) in [5.74, 6) is 0.105. The van der Waals surface area contributed by atoms with Crippen LogP contribution >= 0.6 is 11.6 Å². The molecule has 8 heteroatoms. The first-order chi connectivity index (χ1) is 9.72. The molecule has 0 amide bonds. The van der Waals surface area contributed by atoms with Crippen LogP contribution in [0, 0.1) is 20.8 Å². The summed E-state index contributed by atoms with van der Waals surface area (Å²) in [6.07, 6.45) is 1.37. The largest absolute Gasteiger partial charge is 0.398 e. The first-order valence-corrected chi connectivity index (χ1v) is 7.96. The number of rotatable bonds is 3. The number of anilines is 2. The van der Waals surface area contributed by atoms with Crippen LogP contribution in [0.15, 0.2) is 23.2 Å². The molecule has 2 rings (SSSR count). The Morgan fingerprint density at radius 3 is 2.52 bits per heavy atom. The zero-order valence-corrected chi connectivity index (χ0v) is 13.4. The van der Waals surface area contributed by atoms with Crippen LogP contribution in [0.3, 0.4) is 0 Å². The van der Waals surface area contributed by atoms with Crippen molar-refractivity contribution in [1.82, 2.24) is 9.97 Å². The third-order valence-corrected chi connectivity index (χ3v) is 4.92. The van der Waals surface area contributed by atoms with E-state index in [9.17, 15) is 8.42 Å². The summed E-state index contributed by atoms with van der Waals surface area (Å²) >= 11 is 5.65. The van der Waals surface area contributed by atoms with E-state index in [1.807, 2.05) is 6.92 Å². The standard InChI is InChI=1S/C13H15ClN4O2S/c1-7-6-8(2)12(9(3)11(7)15)21(19,20)18-10-4-5-16-13(14)17-10/h4-6H,15H2,1-3H3,(H,16,17,18). The second-order valence-electron chi connectivity index (χ2n) is 4.69. The highest BCUT2D eigenvalue weighted by atomic mass is 35.5. The van der Waals surface area contributed by atoms with E-state index in [4.69, 9.17) is 17.3 Å². The lowest BCUT2D eigenvalue weighted by Crippen LogP contribution is -2.17. The zero-order valence-electron chi connectivity index (χ0n) is 11.8. The summed E-state index contributed by atoms with van der Waals surface area (Å²) in [7, 11) is -3.81. The molecule has 1 aromatic carbocycles. The van der Waals surface area contributed by atoms with E-state index in [0.29, 0.717) is 16.8 Å². The van der Waals surface area contributed by atoms with Crippen molar-refractivity contribution >= 4 is 33.1 Å². The number of benzene rings is 1. The maximum atomic E-state index is 12.5. The molecule has 2 aromatic rings. The van der Waals surface area contributed by atoms with E-state index >= 15 is 0 Å². The number of nitrogen functional groups attached to an aromatic ring is 1. The first-order valence-electron chi connectivity index (χ1n) is 6.10. The van der Waals surface area contributed by atoms with E-state index in [0.717, 1.165) is 5.56 Å². The Morgan fingerprint density at radius 2 is 1.90 bits per heavy atom. The molecule has 21 heavy (non-hydrogen) atoms. The highest BCUT2D eigenvalue weighted by Gasteiger charge is 2.22. The summed E-state index contributed by atoms with van der Waals surface area (Å²) in [6, 6.07) is 3.16. The number of halogens is 1. The van der Waals surface area contributed by atoms with Crippen LogP contribution in [0.2, 0.25) is 5.28 Å². The SMILES string of the molecule is Cc1cc(C)c(S(=O)(=O)Nc2ccnc(Cl)n2)c(C)c1N. The van der Waals surface area contributed by atoms with Gasteiger partial charge in [-0.05, 0) is 55.1 Å². The number of nitrogens with two attached hydrogens (primary N) is 1. The van der Waals surface area contributed by atoms with Crippen LogP contribution in [-0.2, 0) is 10.0 Å². The number of nitrogens with one attached hydrogen (secondary N) is 1. The Bertz CT molecular complexity index is 806. The van der Waals surface area contributed by atoms with Crippen molar-refractivity contribution in [3.63, 3.8) is 0 Å². The van der Waals surface area contributed by atoms with Crippen LogP contribution in [0.25, 0.3) is 0 Å². The first kappa shape index (κ1) is 15.5. The normalized spacial score (nSPS) is 11.4. The third kappa shape index (κ3) is 3.08. The van der Waals surface area contributed by atoms with Gasteiger partial charge in [0.15, 0.2) is 0 Å². The predicted molar refractivity (Wildman–Crippen MR) is 82.9 cm³/mol. The van der Waals surface area contributed by atoms with Gasteiger partial charge in [-0.1, -0.05) is 6.07 Å². The quantitative estimate of drug-likeness (QED) is 0.666. The molecule has 6 nitrogen and oxygen atoms in total. The molecule has 0 bridgehead atoms. The molecule has 3 N–H and O–H groups in total. The Balaban J connectivity index is 2.53. The van der Waals surface area contributed by atoms with Crippen molar-refractivity contribution in [3.8, 4) is 0 Å². The number of sulfonamides is 1. The van der Waals surface area contributed by atoms with Crippen molar-refractivity contribution in [2.24, 2.45) is 0 Å². The lowest BCUT2D eigenvalue weighted by Gasteiger charge is -2.15. The molecule has 0 aliphatic heterocycles. The summed E-state index contributed by atoms with van der Waals surface area (Å²) in [5.41, 5.74) is 8.36. The van der Waals surface area contributed by atoms with E-state index < -0.39 is 10.0 Å². The van der Waals surface area contributed by atoms with Crippen molar-refractivity contribution in [1.29, 1.82) is 0 Å². The molecule has 0 saturated heterocycles. The number of hydrogen-bond acceptors (Lipinski definition) is 5. The number of aryl methyl sites for hydroxylation is 2. The fourth-order valence-corrected chi connectivity index (χ4v) is 3.81. The highest BCUT2D eigenvalue weighted by Crippen LogP contribution is 2.29. The molecular formula is C13H15ClN4O2S. The van der Waals surface area contributed by atoms with Crippen molar-refractivity contribution in [3.05, 3.63) is 40.3 Å². The molecular weight excluding hydrogens is 312 g/mol. The van der Waals surface area contributed by atoms with Gasteiger partial charge in [0.2, 0.25) is 5.28 Å². The molecule has 0 aliphatic carbocycles. The predicted octanol–water partition coefficient (Wildman–Crippen LogP) is 2.44. The topological polar surface area (TPSA) is 98.0 Å². The summed E-state index contributed by atoms with van der Waals surface area (Å²) < 4.78 is 27.5. The molecule has 1 aromatic heterocycles. The fraction of sp³-hybridized carbons (Fsp3) is 0.231. The monoisotopic (exact) mass is 326 g/mol. The number of nitrogens with zero attached hydrogens (tertiary/aromatic N) is 2. The van der Waals surface area contributed by atoms with Gasteiger partial charge in [0.1, 0.15) is 5.82 Å². The Kier molecular flexibility index (Phi) is 4.06. The minimum absolute atomic E-state index is 0.0351. The van der Waals surface area contributed by atoms with Crippen LogP contribution in [0.4, 0.5) is 11.5 Å². The van der Waals surface area contributed by atoms with E-state index in [1.165, 1.54) is 12.3 Å². The van der Waals surface area contributed by atoms with Crippen LogP contribution in [0.1, 0.15) is 16.7 Å². The average Bonchev–Trinajstić information content (AvgIpc) is 2.35. The maximum Gasteiger partial charge on any atom is 0.263 e. The number of aromatic nitrogens is 2.